The minimum Gasteiger partial charge on any atom is -0.311 e. The highest BCUT2D eigenvalue weighted by atomic mass is 15.1. The number of para-hydroxylation sites is 1. The first-order valence-corrected chi connectivity index (χ1v) is 21.2. The second-order valence-electron chi connectivity index (χ2n) is 15.8. The second kappa shape index (κ2) is 16.1. The van der Waals surface area contributed by atoms with Crippen molar-refractivity contribution >= 4 is 38.9 Å². The lowest BCUT2D eigenvalue weighted by Gasteiger charge is -2.26. The minimum atomic E-state index is 1.10. The quantitative estimate of drug-likeness (QED) is 0.141. The zero-order valence-corrected chi connectivity index (χ0v) is 34.1. The van der Waals surface area contributed by atoms with E-state index in [1.54, 1.807) is 0 Å². The van der Waals surface area contributed by atoms with Crippen LogP contribution in [0.3, 0.4) is 0 Å². The van der Waals surface area contributed by atoms with E-state index in [1.165, 1.54) is 77.4 Å². The van der Waals surface area contributed by atoms with E-state index >= 15 is 0 Å². The fourth-order valence-electron chi connectivity index (χ4n) is 8.86. The normalized spacial score (nSPS) is 11.2. The molecule has 0 aliphatic heterocycles. The molecule has 0 bridgehead atoms. The van der Waals surface area contributed by atoms with Gasteiger partial charge in [0.05, 0.1) is 11.0 Å². The molecule has 0 saturated carbocycles. The first kappa shape index (κ1) is 36.8. The molecule has 0 spiro atoms. The molecular weight excluding hydrogens is 749 g/mol. The summed E-state index contributed by atoms with van der Waals surface area (Å²) in [5.41, 5.74) is 18.8. The van der Waals surface area contributed by atoms with Gasteiger partial charge in [-0.25, -0.2) is 0 Å². The summed E-state index contributed by atoms with van der Waals surface area (Å²) in [5, 5.41) is 2.52. The van der Waals surface area contributed by atoms with E-state index in [2.05, 4.69) is 264 Å². The Kier molecular flexibility index (Phi) is 9.57. The Morgan fingerprint density at radius 3 is 1.06 bits per heavy atom. The van der Waals surface area contributed by atoms with Gasteiger partial charge in [-0.2, -0.15) is 0 Å². The zero-order valence-electron chi connectivity index (χ0n) is 34.1. The molecule has 1 heterocycles. The molecule has 0 amide bonds. The van der Waals surface area contributed by atoms with E-state index in [4.69, 9.17) is 0 Å². The summed E-state index contributed by atoms with van der Waals surface area (Å²) in [5.74, 6) is 0. The number of hydrogen-bond acceptors (Lipinski definition) is 1. The molecule has 0 aliphatic carbocycles. The highest BCUT2D eigenvalue weighted by Gasteiger charge is 2.16. The van der Waals surface area contributed by atoms with Crippen LogP contribution in [0.5, 0.6) is 0 Å². The summed E-state index contributed by atoms with van der Waals surface area (Å²) in [6.45, 7) is 0. The Balaban J connectivity index is 0.903. The molecule has 0 N–H and O–H groups in total. The first-order valence-electron chi connectivity index (χ1n) is 21.2. The summed E-state index contributed by atoms with van der Waals surface area (Å²) in [4.78, 5) is 2.34. The molecule has 2 heteroatoms. The molecule has 0 fully saturated rings. The Labute approximate surface area is 362 Å². The van der Waals surface area contributed by atoms with Crippen molar-refractivity contribution in [2.45, 2.75) is 0 Å². The molecular formula is C60H42N2. The number of hydrogen-bond donors (Lipinski definition) is 0. The van der Waals surface area contributed by atoms with E-state index in [1.807, 2.05) is 0 Å². The van der Waals surface area contributed by atoms with E-state index in [0.29, 0.717) is 0 Å². The van der Waals surface area contributed by atoms with Crippen LogP contribution >= 0.6 is 0 Å². The Morgan fingerprint density at radius 2 is 0.565 bits per heavy atom. The molecule has 0 atom stereocenters. The van der Waals surface area contributed by atoms with Crippen molar-refractivity contribution in [2.75, 3.05) is 4.90 Å². The van der Waals surface area contributed by atoms with Crippen molar-refractivity contribution < 1.29 is 0 Å². The monoisotopic (exact) mass is 790 g/mol. The summed E-state index contributed by atoms with van der Waals surface area (Å²) in [7, 11) is 0. The second-order valence-corrected chi connectivity index (χ2v) is 15.8. The lowest BCUT2D eigenvalue weighted by atomic mass is 9.98. The van der Waals surface area contributed by atoms with Crippen molar-refractivity contribution in [1.82, 2.24) is 4.57 Å². The SMILES string of the molecule is c1ccc(-c2ccc(N(c3ccc(-c4ccccc4)cc3)c3ccc(-c4cccc(-c5ccc(-n6c7ccccc7c7ccc(-c8ccccc8)cc76)cc5)c4)cc3)cc2)cc1. The van der Waals surface area contributed by atoms with Crippen LogP contribution < -0.4 is 4.90 Å². The van der Waals surface area contributed by atoms with Gasteiger partial charge in [-0.3, -0.25) is 0 Å². The molecule has 0 aliphatic rings. The molecule has 1 aromatic heterocycles. The lowest BCUT2D eigenvalue weighted by Crippen LogP contribution is -2.09. The number of rotatable bonds is 9. The zero-order chi connectivity index (χ0) is 41.2. The molecule has 11 aromatic rings. The number of aromatic nitrogens is 1. The highest BCUT2D eigenvalue weighted by Crippen LogP contribution is 2.39. The average molecular weight is 791 g/mol. The number of fused-ring (bicyclic) bond motifs is 3. The van der Waals surface area contributed by atoms with Gasteiger partial charge < -0.3 is 9.47 Å². The van der Waals surface area contributed by atoms with E-state index in [-0.39, 0.29) is 0 Å². The van der Waals surface area contributed by atoms with Gasteiger partial charge in [0.2, 0.25) is 0 Å². The van der Waals surface area contributed by atoms with Crippen LogP contribution in [0, 0.1) is 0 Å². The molecule has 0 radical (unpaired) electrons. The van der Waals surface area contributed by atoms with Crippen LogP contribution in [-0.2, 0) is 0 Å². The minimum absolute atomic E-state index is 1.10. The van der Waals surface area contributed by atoms with Gasteiger partial charge in [-0.1, -0.05) is 188 Å². The van der Waals surface area contributed by atoms with Crippen LogP contribution in [0.15, 0.2) is 255 Å². The standard InChI is InChI=1S/C60H42N2/c1-4-13-43(14-5-1)46-23-32-53(33-24-46)61(54-34-25-47(26-35-54)44-15-6-2-7-16-44)55-36-27-48(28-37-55)50-19-12-20-51(41-50)49-29-38-56(39-30-49)62-59-22-11-10-21-57(59)58-40-31-52(42-60(58)62)45-17-8-3-9-18-45/h1-42H. The van der Waals surface area contributed by atoms with Crippen LogP contribution in [0.1, 0.15) is 0 Å². The smallest absolute Gasteiger partial charge is 0.0547 e. The molecule has 292 valence electrons. The maximum absolute atomic E-state index is 2.40. The van der Waals surface area contributed by atoms with Crippen molar-refractivity contribution in [2.24, 2.45) is 0 Å². The van der Waals surface area contributed by atoms with Gasteiger partial charge in [0.1, 0.15) is 0 Å². The van der Waals surface area contributed by atoms with Gasteiger partial charge >= 0.3 is 0 Å². The van der Waals surface area contributed by atoms with Gasteiger partial charge in [0, 0.05) is 33.5 Å². The Hall–Kier alpha value is -8.20. The summed E-state index contributed by atoms with van der Waals surface area (Å²) < 4.78 is 2.40. The molecule has 2 nitrogen and oxygen atoms in total. The van der Waals surface area contributed by atoms with E-state index in [0.717, 1.165) is 22.7 Å². The summed E-state index contributed by atoms with van der Waals surface area (Å²) in [6.07, 6.45) is 0. The van der Waals surface area contributed by atoms with Crippen molar-refractivity contribution in [3.63, 3.8) is 0 Å². The van der Waals surface area contributed by atoms with Gasteiger partial charge in [0.15, 0.2) is 0 Å². The Bertz CT molecular complexity index is 3190. The van der Waals surface area contributed by atoms with Crippen molar-refractivity contribution in [1.29, 1.82) is 0 Å². The third kappa shape index (κ3) is 7.04. The lowest BCUT2D eigenvalue weighted by molar-refractivity contribution is 1.18. The fraction of sp³-hybridized carbons (Fsp3) is 0. The van der Waals surface area contributed by atoms with Gasteiger partial charge in [-0.05, 0) is 122 Å². The molecule has 11 rings (SSSR count). The summed E-state index contributed by atoms with van der Waals surface area (Å²) >= 11 is 0. The van der Waals surface area contributed by atoms with Gasteiger partial charge in [0.25, 0.3) is 0 Å². The third-order valence-electron chi connectivity index (χ3n) is 12.0. The number of anilines is 3. The van der Waals surface area contributed by atoms with Gasteiger partial charge in [-0.15, -0.1) is 0 Å². The molecule has 0 saturated heterocycles. The van der Waals surface area contributed by atoms with Crippen LogP contribution in [-0.4, -0.2) is 4.57 Å². The van der Waals surface area contributed by atoms with E-state index in [9.17, 15) is 0 Å². The van der Waals surface area contributed by atoms with E-state index < -0.39 is 0 Å². The maximum atomic E-state index is 2.40. The predicted octanol–water partition coefficient (Wildman–Crippen LogP) is 16.6. The van der Waals surface area contributed by atoms with Crippen molar-refractivity contribution in [3.8, 4) is 61.3 Å². The number of nitrogens with zero attached hydrogens (tertiary/aromatic N) is 2. The number of benzene rings is 10. The molecule has 62 heavy (non-hydrogen) atoms. The predicted molar refractivity (Wildman–Crippen MR) is 263 cm³/mol. The van der Waals surface area contributed by atoms with Crippen LogP contribution in [0.25, 0.3) is 83.1 Å². The van der Waals surface area contributed by atoms with Crippen LogP contribution in [0.2, 0.25) is 0 Å². The Morgan fingerprint density at radius 1 is 0.226 bits per heavy atom. The topological polar surface area (TPSA) is 8.17 Å². The first-order chi connectivity index (χ1) is 30.7. The largest absolute Gasteiger partial charge is 0.311 e. The highest BCUT2D eigenvalue weighted by molar-refractivity contribution is 6.10. The summed E-state index contributed by atoms with van der Waals surface area (Å²) in [6, 6.07) is 91.9. The average Bonchev–Trinajstić information content (AvgIpc) is 3.69. The third-order valence-corrected chi connectivity index (χ3v) is 12.0. The fourth-order valence-corrected chi connectivity index (χ4v) is 8.86. The van der Waals surface area contributed by atoms with Crippen molar-refractivity contribution in [3.05, 3.63) is 255 Å². The molecule has 10 aromatic carbocycles. The molecule has 0 unspecified atom stereocenters. The van der Waals surface area contributed by atoms with Crippen LogP contribution in [0.4, 0.5) is 17.1 Å². The maximum Gasteiger partial charge on any atom is 0.0547 e.